The third-order valence-corrected chi connectivity index (χ3v) is 6.89. The van der Waals surface area contributed by atoms with E-state index in [1.807, 2.05) is 54.6 Å². The van der Waals surface area contributed by atoms with Crippen molar-refractivity contribution in [1.29, 1.82) is 0 Å². The summed E-state index contributed by atoms with van der Waals surface area (Å²) in [5, 5.41) is 23.3. The number of carbonyl (C=O) groups is 1. The Labute approximate surface area is 231 Å². The van der Waals surface area contributed by atoms with E-state index in [-0.39, 0.29) is 28.2 Å². The number of anilines is 1. The SMILES string of the molecule is O=C(OC1CCCC1)[C@@H](NCc1ccc(OCCCNc2ccc([N+](=O)O)c3nonc23)cc1)c1ccccc1. The molecule has 0 radical (unpaired) electrons. The number of nitrogens with one attached hydrogen (secondary N) is 2. The number of fused-ring (bicyclic) bond motifs is 1. The van der Waals surface area contributed by atoms with Crippen molar-refractivity contribution in [2.24, 2.45) is 0 Å². The third-order valence-electron chi connectivity index (χ3n) is 6.89. The molecule has 208 valence electrons. The van der Waals surface area contributed by atoms with Gasteiger partial charge < -0.3 is 14.8 Å². The van der Waals surface area contributed by atoms with Crippen molar-refractivity contribution in [3.05, 3.63) is 82.8 Å². The average Bonchev–Trinajstić information content (AvgIpc) is 3.67. The van der Waals surface area contributed by atoms with Crippen LogP contribution in [0.3, 0.4) is 0 Å². The predicted octanol–water partition coefficient (Wildman–Crippen LogP) is 5.22. The first-order chi connectivity index (χ1) is 19.6. The van der Waals surface area contributed by atoms with Crippen molar-refractivity contribution >= 4 is 28.4 Å². The van der Waals surface area contributed by atoms with Crippen molar-refractivity contribution in [3.63, 3.8) is 0 Å². The highest BCUT2D eigenvalue weighted by atomic mass is 16.6. The summed E-state index contributed by atoms with van der Waals surface area (Å²) < 4.78 is 16.4. The van der Waals surface area contributed by atoms with Gasteiger partial charge in [-0.15, -0.1) is 0 Å². The Hall–Kier alpha value is -4.51. The molecule has 0 aliphatic heterocycles. The lowest BCUT2D eigenvalue weighted by Crippen LogP contribution is -2.32. The zero-order valence-electron chi connectivity index (χ0n) is 22.0. The van der Waals surface area contributed by atoms with Crippen LogP contribution in [0.2, 0.25) is 0 Å². The molecule has 5 rings (SSSR count). The maximum absolute atomic E-state index is 13.0. The zero-order chi connectivity index (χ0) is 27.7. The molecule has 4 aromatic rings. The molecular weight excluding hydrogens is 514 g/mol. The summed E-state index contributed by atoms with van der Waals surface area (Å²) in [4.78, 5) is 24.0. The molecule has 11 nitrogen and oxygen atoms in total. The molecule has 0 amide bonds. The minimum absolute atomic E-state index is 0.0176. The summed E-state index contributed by atoms with van der Waals surface area (Å²) in [5.41, 5.74) is 3.05. The van der Waals surface area contributed by atoms with Gasteiger partial charge in [-0.2, -0.15) is 0 Å². The normalized spacial score (nSPS) is 14.2. The van der Waals surface area contributed by atoms with Gasteiger partial charge in [0.05, 0.1) is 17.2 Å². The van der Waals surface area contributed by atoms with Gasteiger partial charge in [-0.05, 0) is 71.7 Å². The van der Waals surface area contributed by atoms with E-state index in [1.165, 1.54) is 6.07 Å². The largest absolute Gasteiger partial charge is 0.494 e. The summed E-state index contributed by atoms with van der Waals surface area (Å²) in [6.45, 7) is 1.58. The highest BCUT2D eigenvalue weighted by Crippen LogP contribution is 2.28. The van der Waals surface area contributed by atoms with Gasteiger partial charge in [0.1, 0.15) is 17.9 Å². The van der Waals surface area contributed by atoms with E-state index in [2.05, 4.69) is 20.9 Å². The summed E-state index contributed by atoms with van der Waals surface area (Å²) in [6.07, 6.45) is 4.81. The smallest absolute Gasteiger partial charge is 0.347 e. The number of hydrogen-bond acceptors (Lipinski definition) is 9. The Morgan fingerprint density at radius 1 is 1.02 bits per heavy atom. The number of esters is 1. The van der Waals surface area contributed by atoms with Crippen LogP contribution in [-0.4, -0.2) is 45.7 Å². The molecule has 1 fully saturated rings. The molecule has 0 saturated heterocycles. The van der Waals surface area contributed by atoms with Gasteiger partial charge in [0.2, 0.25) is 5.52 Å². The van der Waals surface area contributed by atoms with Crippen molar-refractivity contribution < 1.29 is 29.0 Å². The van der Waals surface area contributed by atoms with Crippen LogP contribution in [0.4, 0.5) is 11.4 Å². The van der Waals surface area contributed by atoms with E-state index in [9.17, 15) is 14.9 Å². The van der Waals surface area contributed by atoms with E-state index >= 15 is 0 Å². The molecule has 0 bridgehead atoms. The minimum atomic E-state index is -0.529. The van der Waals surface area contributed by atoms with Gasteiger partial charge in [0.25, 0.3) is 4.92 Å². The van der Waals surface area contributed by atoms with Crippen LogP contribution < -0.4 is 15.4 Å². The monoisotopic (exact) mass is 546 g/mol. The Balaban J connectivity index is 1.09. The van der Waals surface area contributed by atoms with Crippen molar-refractivity contribution in [2.75, 3.05) is 18.5 Å². The Kier molecular flexibility index (Phi) is 8.82. The zero-order valence-corrected chi connectivity index (χ0v) is 22.0. The fraction of sp³-hybridized carbons (Fsp3) is 0.345. The number of benzene rings is 3. The van der Waals surface area contributed by atoms with Crippen LogP contribution in [0.1, 0.15) is 49.3 Å². The molecule has 1 aromatic heterocycles. The van der Waals surface area contributed by atoms with Crippen LogP contribution in [0.5, 0.6) is 5.75 Å². The Morgan fingerprint density at radius 2 is 1.77 bits per heavy atom. The van der Waals surface area contributed by atoms with Crippen molar-refractivity contribution in [2.45, 2.75) is 50.8 Å². The van der Waals surface area contributed by atoms with Gasteiger partial charge in [-0.3, -0.25) is 5.32 Å². The maximum Gasteiger partial charge on any atom is 0.347 e. The predicted molar refractivity (Wildman–Crippen MR) is 146 cm³/mol. The standard InChI is InChI=1S/C29H32N5O6/c35-29(39-23-9-4-5-10-23)26(21-7-2-1-3-8-21)31-19-20-11-13-22(14-12-20)38-18-6-17-30-24-15-16-25(34(36)37)28-27(24)32-40-33-28/h1-3,7-8,11-16,23,26,30-31H,4-6,9-10,17-19H2,(H,36,37)/q+1/t26-/m0/s1. The molecule has 1 aliphatic rings. The molecule has 0 spiro atoms. The second-order valence-corrected chi connectivity index (χ2v) is 9.71. The van der Waals surface area contributed by atoms with Crippen LogP contribution >= 0.6 is 0 Å². The lowest BCUT2D eigenvalue weighted by Gasteiger charge is -2.21. The molecule has 0 unspecified atom stereocenters. The van der Waals surface area contributed by atoms with Gasteiger partial charge in [-0.25, -0.2) is 14.6 Å². The third kappa shape index (κ3) is 6.73. The van der Waals surface area contributed by atoms with Crippen LogP contribution in [0.15, 0.2) is 71.4 Å². The summed E-state index contributed by atoms with van der Waals surface area (Å²) in [7, 11) is 0. The molecule has 1 saturated carbocycles. The second-order valence-electron chi connectivity index (χ2n) is 9.71. The average molecular weight is 547 g/mol. The van der Waals surface area contributed by atoms with Crippen molar-refractivity contribution in [1.82, 2.24) is 15.6 Å². The fourth-order valence-corrected chi connectivity index (χ4v) is 4.78. The number of rotatable bonds is 13. The van der Waals surface area contributed by atoms with Gasteiger partial charge in [-0.1, -0.05) is 42.5 Å². The highest BCUT2D eigenvalue weighted by molar-refractivity contribution is 5.93. The number of nitrogens with zero attached hydrogens (tertiary/aromatic N) is 3. The maximum atomic E-state index is 13.0. The van der Waals surface area contributed by atoms with E-state index in [0.29, 0.717) is 37.3 Å². The van der Waals surface area contributed by atoms with E-state index in [4.69, 9.17) is 14.1 Å². The number of aromatic nitrogens is 2. The highest BCUT2D eigenvalue weighted by Gasteiger charge is 2.27. The first kappa shape index (κ1) is 27.1. The van der Waals surface area contributed by atoms with Gasteiger partial charge in [0.15, 0.2) is 5.52 Å². The quantitative estimate of drug-likeness (QED) is 0.116. The molecule has 1 aliphatic carbocycles. The molecule has 3 N–H and O–H groups in total. The number of ether oxygens (including phenoxy) is 2. The molecule has 1 atom stereocenters. The first-order valence-corrected chi connectivity index (χ1v) is 13.4. The van der Waals surface area contributed by atoms with E-state index < -0.39 is 6.04 Å². The molecule has 3 aromatic carbocycles. The number of carbonyl (C=O) groups excluding carboxylic acids is 1. The minimum Gasteiger partial charge on any atom is -0.494 e. The van der Waals surface area contributed by atoms with Crippen molar-refractivity contribution in [3.8, 4) is 5.75 Å². The lowest BCUT2D eigenvalue weighted by atomic mass is 10.1. The molecule has 40 heavy (non-hydrogen) atoms. The van der Waals surface area contributed by atoms with Crippen LogP contribution in [0, 0.1) is 4.91 Å². The molecule has 11 heteroatoms. The Bertz CT molecular complexity index is 1420. The summed E-state index contributed by atoms with van der Waals surface area (Å²) in [5.74, 6) is 0.513. The summed E-state index contributed by atoms with van der Waals surface area (Å²) in [6, 6.07) is 20.0. The topological polar surface area (TPSA) is 139 Å². The van der Waals surface area contributed by atoms with Crippen LogP contribution in [0.25, 0.3) is 11.0 Å². The first-order valence-electron chi connectivity index (χ1n) is 13.4. The van der Waals surface area contributed by atoms with E-state index in [0.717, 1.165) is 42.6 Å². The lowest BCUT2D eigenvalue weighted by molar-refractivity contribution is -0.728. The van der Waals surface area contributed by atoms with E-state index in [1.54, 1.807) is 6.07 Å². The van der Waals surface area contributed by atoms with Crippen LogP contribution in [-0.2, 0) is 16.1 Å². The Morgan fingerprint density at radius 3 is 2.52 bits per heavy atom. The molecule has 1 heterocycles. The number of hydrogen-bond donors (Lipinski definition) is 3. The second kappa shape index (κ2) is 13.0. The summed E-state index contributed by atoms with van der Waals surface area (Å²) >= 11 is 0. The molecular formula is C29H32N5O6+. The van der Waals surface area contributed by atoms with Gasteiger partial charge >= 0.3 is 11.7 Å². The van der Waals surface area contributed by atoms with Gasteiger partial charge in [0, 0.05) is 19.2 Å². The fourth-order valence-electron chi connectivity index (χ4n) is 4.78.